The van der Waals surface area contributed by atoms with Crippen LogP contribution < -0.4 is 0 Å². The normalized spacial score (nSPS) is 13.1. The van der Waals surface area contributed by atoms with Crippen molar-refractivity contribution in [3.05, 3.63) is 35.4 Å². The van der Waals surface area contributed by atoms with Crippen LogP contribution >= 0.6 is 22.9 Å². The Morgan fingerprint density at radius 2 is 1.71 bits per heavy atom. The Kier molecular flexibility index (Phi) is 3.52. The lowest BCUT2D eigenvalue weighted by atomic mass is 10.1. The van der Waals surface area contributed by atoms with Crippen LogP contribution in [0.15, 0.2) is 27.5 Å². The van der Waals surface area contributed by atoms with Crippen molar-refractivity contribution >= 4 is 28.6 Å². The highest BCUT2D eigenvalue weighted by molar-refractivity contribution is 14.1. The molecule has 0 unspecified atom stereocenters. The van der Waals surface area contributed by atoms with Crippen LogP contribution in [-0.4, -0.2) is 5.71 Å². The van der Waals surface area contributed by atoms with Crippen LogP contribution in [0.25, 0.3) is 0 Å². The van der Waals surface area contributed by atoms with E-state index >= 15 is 0 Å². The smallest absolute Gasteiger partial charge is 0.219 e. The number of hydrogen-bond donors (Lipinski definition) is 0. The second-order valence-electron chi connectivity index (χ2n) is 2.75. The summed E-state index contributed by atoms with van der Waals surface area (Å²) >= 11 is 1.81. The van der Waals surface area contributed by atoms with Gasteiger partial charge in [-0.15, -0.1) is 0 Å². The molecule has 0 aliphatic rings. The number of nitrogens with zero attached hydrogens (tertiary/aromatic N) is 1. The van der Waals surface area contributed by atoms with Gasteiger partial charge in [0.15, 0.2) is 0 Å². The van der Waals surface area contributed by atoms with E-state index in [2.05, 4.69) is 3.21 Å². The molecular weight excluding hydrogens is 306 g/mol. The third-order valence-electron chi connectivity index (χ3n) is 1.76. The lowest BCUT2D eigenvalue weighted by Crippen LogP contribution is -2.05. The van der Waals surface area contributed by atoms with Crippen molar-refractivity contribution in [2.24, 2.45) is 3.21 Å². The predicted molar refractivity (Wildman–Crippen MR) is 57.7 cm³/mol. The van der Waals surface area contributed by atoms with Crippen molar-refractivity contribution in [3.63, 3.8) is 0 Å². The van der Waals surface area contributed by atoms with E-state index in [1.54, 1.807) is 6.92 Å². The Balaban J connectivity index is 3.01. The maximum Gasteiger partial charge on any atom is 0.416 e. The van der Waals surface area contributed by atoms with Crippen molar-refractivity contribution in [2.75, 3.05) is 0 Å². The minimum Gasteiger partial charge on any atom is -0.219 e. The molecule has 0 amide bonds. The van der Waals surface area contributed by atoms with E-state index in [0.717, 1.165) is 12.1 Å². The Labute approximate surface area is 93.5 Å². The zero-order valence-corrected chi connectivity index (χ0v) is 9.43. The highest BCUT2D eigenvalue weighted by Gasteiger charge is 2.29. The number of halogens is 4. The fourth-order valence-corrected chi connectivity index (χ4v) is 1.23. The molecular formula is C9H7F3IN. The summed E-state index contributed by atoms with van der Waals surface area (Å²) in [6.07, 6.45) is -4.27. The van der Waals surface area contributed by atoms with E-state index in [-0.39, 0.29) is 0 Å². The van der Waals surface area contributed by atoms with E-state index in [4.69, 9.17) is 0 Å². The van der Waals surface area contributed by atoms with E-state index in [0.29, 0.717) is 11.3 Å². The van der Waals surface area contributed by atoms with Crippen molar-refractivity contribution in [3.8, 4) is 0 Å². The first-order valence-electron chi connectivity index (χ1n) is 3.78. The molecule has 1 aromatic rings. The average molecular weight is 313 g/mol. The standard InChI is InChI=1S/C9H7F3IN/c1-6(14-13)7-2-4-8(5-3-7)9(10,11)12/h2-5H,1H3. The van der Waals surface area contributed by atoms with Crippen LogP contribution in [0, 0.1) is 0 Å². The molecule has 0 heterocycles. The molecule has 1 aromatic carbocycles. The second-order valence-corrected chi connectivity index (χ2v) is 3.23. The summed E-state index contributed by atoms with van der Waals surface area (Å²) in [7, 11) is 0. The molecule has 0 spiro atoms. The molecule has 0 aliphatic heterocycles. The molecule has 1 rings (SSSR count). The summed E-state index contributed by atoms with van der Waals surface area (Å²) in [4.78, 5) is 0. The van der Waals surface area contributed by atoms with Crippen LogP contribution in [0.1, 0.15) is 18.1 Å². The first-order chi connectivity index (χ1) is 6.45. The van der Waals surface area contributed by atoms with Gasteiger partial charge in [-0.25, -0.2) is 3.21 Å². The molecule has 0 atom stereocenters. The van der Waals surface area contributed by atoms with Gasteiger partial charge in [-0.3, -0.25) is 0 Å². The van der Waals surface area contributed by atoms with E-state index in [1.165, 1.54) is 12.1 Å². The van der Waals surface area contributed by atoms with Crippen LogP contribution in [-0.2, 0) is 6.18 Å². The summed E-state index contributed by atoms with van der Waals surface area (Å²) in [5, 5.41) is 0. The second kappa shape index (κ2) is 4.29. The fourth-order valence-electron chi connectivity index (χ4n) is 0.949. The monoisotopic (exact) mass is 313 g/mol. The summed E-state index contributed by atoms with van der Waals surface area (Å²) in [5.74, 6) is 0. The molecule has 5 heteroatoms. The van der Waals surface area contributed by atoms with Gasteiger partial charge in [-0.05, 0) is 24.6 Å². The molecule has 0 saturated carbocycles. The Morgan fingerprint density at radius 3 is 2.07 bits per heavy atom. The number of rotatable bonds is 1. The van der Waals surface area contributed by atoms with E-state index in [1.807, 2.05) is 22.9 Å². The number of alkyl halides is 3. The summed E-state index contributed by atoms with van der Waals surface area (Å²) < 4.78 is 40.4. The van der Waals surface area contributed by atoms with Crippen molar-refractivity contribution < 1.29 is 13.2 Å². The zero-order valence-electron chi connectivity index (χ0n) is 7.27. The molecule has 0 radical (unpaired) electrons. The van der Waals surface area contributed by atoms with Gasteiger partial charge in [-0.2, -0.15) is 13.2 Å². The lowest BCUT2D eigenvalue weighted by molar-refractivity contribution is -0.137. The van der Waals surface area contributed by atoms with Gasteiger partial charge in [0.1, 0.15) is 0 Å². The molecule has 0 aliphatic carbocycles. The highest BCUT2D eigenvalue weighted by Crippen LogP contribution is 2.29. The van der Waals surface area contributed by atoms with Crippen molar-refractivity contribution in [1.82, 2.24) is 0 Å². The molecule has 14 heavy (non-hydrogen) atoms. The van der Waals surface area contributed by atoms with Crippen LogP contribution in [0.5, 0.6) is 0 Å². The van der Waals surface area contributed by atoms with E-state index < -0.39 is 11.7 Å². The minimum absolute atomic E-state index is 0.637. The maximum atomic E-state index is 12.2. The summed E-state index contributed by atoms with van der Waals surface area (Å²) in [6.45, 7) is 1.75. The zero-order chi connectivity index (χ0) is 10.8. The largest absolute Gasteiger partial charge is 0.416 e. The third kappa shape index (κ3) is 2.70. The van der Waals surface area contributed by atoms with Crippen LogP contribution in [0.2, 0.25) is 0 Å². The summed E-state index contributed by atoms with van der Waals surface area (Å²) in [6, 6.07) is 4.95. The third-order valence-corrected chi connectivity index (χ3v) is 2.48. The van der Waals surface area contributed by atoms with E-state index in [9.17, 15) is 13.2 Å². The van der Waals surface area contributed by atoms with Gasteiger partial charge < -0.3 is 0 Å². The van der Waals surface area contributed by atoms with Gasteiger partial charge in [0, 0.05) is 0 Å². The maximum absolute atomic E-state index is 12.2. The predicted octanol–water partition coefficient (Wildman–Crippen LogP) is 3.86. The van der Waals surface area contributed by atoms with Gasteiger partial charge in [0.25, 0.3) is 0 Å². The molecule has 1 nitrogen and oxygen atoms in total. The van der Waals surface area contributed by atoms with Crippen LogP contribution in [0.4, 0.5) is 13.2 Å². The molecule has 0 saturated heterocycles. The van der Waals surface area contributed by atoms with Crippen molar-refractivity contribution in [1.29, 1.82) is 0 Å². The first-order valence-corrected chi connectivity index (χ1v) is 4.75. The van der Waals surface area contributed by atoms with Gasteiger partial charge >= 0.3 is 6.18 Å². The molecule has 76 valence electrons. The van der Waals surface area contributed by atoms with Gasteiger partial charge in [-0.1, -0.05) is 12.1 Å². The number of benzene rings is 1. The average Bonchev–Trinajstić information content (AvgIpc) is 2.15. The fraction of sp³-hybridized carbons (Fsp3) is 0.222. The SMILES string of the molecule is CC(=NI)c1ccc(C(F)(F)F)cc1. The minimum atomic E-state index is -4.27. The van der Waals surface area contributed by atoms with Gasteiger partial charge in [0.05, 0.1) is 34.1 Å². The van der Waals surface area contributed by atoms with Gasteiger partial charge in [0.2, 0.25) is 0 Å². The topological polar surface area (TPSA) is 12.4 Å². The molecule has 0 bridgehead atoms. The molecule has 0 aromatic heterocycles. The van der Waals surface area contributed by atoms with Crippen molar-refractivity contribution in [2.45, 2.75) is 13.1 Å². The molecule has 0 N–H and O–H groups in total. The first kappa shape index (κ1) is 11.5. The quantitative estimate of drug-likeness (QED) is 0.551. The lowest BCUT2D eigenvalue weighted by Gasteiger charge is -2.06. The Hall–Kier alpha value is -0.590. The Bertz CT molecular complexity index is 340. The number of hydrogen-bond acceptors (Lipinski definition) is 1. The summed E-state index contributed by atoms with van der Waals surface area (Å²) in [5.41, 5.74) is 0.772. The Morgan fingerprint density at radius 1 is 1.21 bits per heavy atom. The molecule has 0 fully saturated rings. The highest BCUT2D eigenvalue weighted by atomic mass is 127. The van der Waals surface area contributed by atoms with Crippen LogP contribution in [0.3, 0.4) is 0 Å².